The predicted molar refractivity (Wildman–Crippen MR) is 104 cm³/mol. The Kier molecular flexibility index (Phi) is 6.81. The van der Waals surface area contributed by atoms with Crippen LogP contribution >= 0.6 is 0 Å². The number of para-hydroxylation sites is 3. The van der Waals surface area contributed by atoms with Gasteiger partial charge < -0.3 is 15.4 Å². The zero-order valence-corrected chi connectivity index (χ0v) is 15.2. The molecular formula is C21H23N3O2. The summed E-state index contributed by atoms with van der Waals surface area (Å²) in [5.74, 6) is 0.416. The molecule has 2 N–H and O–H groups in total. The topological polar surface area (TPSA) is 74.2 Å². The standard InChI is InChI=1S/C21H23N3O2/c1-4-15(2)17-9-5-6-10-18(17)23-14-16(13-22)21(25)24-19-11-7-8-12-20(19)26-3/h5-12,14-15,23H,4H2,1-3H3,(H,24,25)/b16-14-. The van der Waals surface area contributed by atoms with Crippen LogP contribution in [-0.4, -0.2) is 13.0 Å². The average molecular weight is 349 g/mol. The first-order chi connectivity index (χ1) is 12.6. The molecule has 0 fully saturated rings. The lowest BCUT2D eigenvalue weighted by molar-refractivity contribution is -0.112. The van der Waals surface area contributed by atoms with Gasteiger partial charge in [0.1, 0.15) is 17.4 Å². The molecule has 1 atom stereocenters. The van der Waals surface area contributed by atoms with Gasteiger partial charge in [0.05, 0.1) is 12.8 Å². The Labute approximate surface area is 154 Å². The van der Waals surface area contributed by atoms with E-state index in [2.05, 4.69) is 24.5 Å². The van der Waals surface area contributed by atoms with Gasteiger partial charge in [-0.1, -0.05) is 44.2 Å². The van der Waals surface area contributed by atoms with Gasteiger partial charge in [-0.3, -0.25) is 4.79 Å². The molecule has 134 valence electrons. The van der Waals surface area contributed by atoms with Crippen molar-refractivity contribution in [2.75, 3.05) is 17.7 Å². The Bertz CT molecular complexity index is 837. The zero-order valence-electron chi connectivity index (χ0n) is 15.2. The fourth-order valence-electron chi connectivity index (χ4n) is 2.51. The third kappa shape index (κ3) is 4.64. The molecule has 5 nitrogen and oxygen atoms in total. The lowest BCUT2D eigenvalue weighted by atomic mass is 9.97. The molecule has 0 saturated heterocycles. The van der Waals surface area contributed by atoms with Crippen molar-refractivity contribution in [3.05, 3.63) is 65.9 Å². The second-order valence-corrected chi connectivity index (χ2v) is 5.87. The second-order valence-electron chi connectivity index (χ2n) is 5.87. The summed E-state index contributed by atoms with van der Waals surface area (Å²) in [5, 5.41) is 15.2. The van der Waals surface area contributed by atoms with Crippen LogP contribution < -0.4 is 15.4 Å². The van der Waals surface area contributed by atoms with Crippen LogP contribution in [0, 0.1) is 11.3 Å². The third-order valence-corrected chi connectivity index (χ3v) is 4.20. The highest BCUT2D eigenvalue weighted by Gasteiger charge is 2.13. The van der Waals surface area contributed by atoms with Crippen molar-refractivity contribution in [2.24, 2.45) is 0 Å². The molecule has 1 unspecified atom stereocenters. The summed E-state index contributed by atoms with van der Waals surface area (Å²) in [7, 11) is 1.53. The number of amides is 1. The van der Waals surface area contributed by atoms with Crippen molar-refractivity contribution in [1.82, 2.24) is 0 Å². The fourth-order valence-corrected chi connectivity index (χ4v) is 2.51. The molecule has 0 aliphatic heterocycles. The largest absolute Gasteiger partial charge is 0.495 e. The number of hydrogen-bond acceptors (Lipinski definition) is 4. The zero-order chi connectivity index (χ0) is 18.9. The molecule has 1 amide bonds. The third-order valence-electron chi connectivity index (χ3n) is 4.20. The minimum Gasteiger partial charge on any atom is -0.495 e. The van der Waals surface area contributed by atoms with Gasteiger partial charge in [0.25, 0.3) is 5.91 Å². The molecule has 5 heteroatoms. The van der Waals surface area contributed by atoms with Crippen LogP contribution in [0.3, 0.4) is 0 Å². The van der Waals surface area contributed by atoms with Gasteiger partial charge in [0, 0.05) is 11.9 Å². The highest BCUT2D eigenvalue weighted by atomic mass is 16.5. The first-order valence-electron chi connectivity index (χ1n) is 8.50. The molecule has 0 aromatic heterocycles. The van der Waals surface area contributed by atoms with Gasteiger partial charge in [-0.05, 0) is 36.1 Å². The molecule has 2 aromatic rings. The highest BCUT2D eigenvalue weighted by Crippen LogP contribution is 2.27. The molecule has 26 heavy (non-hydrogen) atoms. The smallest absolute Gasteiger partial charge is 0.267 e. The maximum absolute atomic E-state index is 12.4. The molecule has 0 bridgehead atoms. The van der Waals surface area contributed by atoms with E-state index < -0.39 is 5.91 Å². The van der Waals surface area contributed by atoms with Crippen molar-refractivity contribution in [3.63, 3.8) is 0 Å². The van der Waals surface area contributed by atoms with Gasteiger partial charge in [0.15, 0.2) is 0 Å². The molecule has 0 radical (unpaired) electrons. The number of carbonyl (C=O) groups is 1. The number of carbonyl (C=O) groups excluding carboxylic acids is 1. The van der Waals surface area contributed by atoms with Crippen LogP contribution in [0.1, 0.15) is 31.7 Å². The molecule has 2 rings (SSSR count). The van der Waals surface area contributed by atoms with Crippen molar-refractivity contribution >= 4 is 17.3 Å². The lowest BCUT2D eigenvalue weighted by Crippen LogP contribution is -2.15. The van der Waals surface area contributed by atoms with E-state index in [1.165, 1.54) is 13.3 Å². The van der Waals surface area contributed by atoms with Crippen LogP contribution in [0.15, 0.2) is 60.3 Å². The Morgan fingerprint density at radius 1 is 1.19 bits per heavy atom. The molecule has 0 aliphatic carbocycles. The summed E-state index contributed by atoms with van der Waals surface area (Å²) in [6.45, 7) is 4.27. The number of methoxy groups -OCH3 is 1. The van der Waals surface area contributed by atoms with Crippen molar-refractivity contribution in [1.29, 1.82) is 5.26 Å². The molecule has 0 aliphatic rings. The van der Waals surface area contributed by atoms with E-state index in [4.69, 9.17) is 4.74 Å². The van der Waals surface area contributed by atoms with Crippen LogP contribution in [0.4, 0.5) is 11.4 Å². The maximum atomic E-state index is 12.4. The van der Waals surface area contributed by atoms with Gasteiger partial charge in [-0.15, -0.1) is 0 Å². The number of anilines is 2. The predicted octanol–water partition coefficient (Wildman–Crippen LogP) is 4.67. The molecular weight excluding hydrogens is 326 g/mol. The Hall–Kier alpha value is -3.26. The number of rotatable bonds is 7. The number of benzene rings is 2. The fraction of sp³-hybridized carbons (Fsp3) is 0.238. The van der Waals surface area contributed by atoms with Crippen molar-refractivity contribution < 1.29 is 9.53 Å². The highest BCUT2D eigenvalue weighted by molar-refractivity contribution is 6.07. The summed E-state index contributed by atoms with van der Waals surface area (Å²) in [6, 6.07) is 16.9. The quantitative estimate of drug-likeness (QED) is 0.563. The Morgan fingerprint density at radius 3 is 2.50 bits per heavy atom. The van der Waals surface area contributed by atoms with E-state index in [0.29, 0.717) is 17.4 Å². The Morgan fingerprint density at radius 2 is 1.85 bits per heavy atom. The number of nitrogens with zero attached hydrogens (tertiary/aromatic N) is 1. The normalized spacial score (nSPS) is 12.0. The average Bonchev–Trinajstić information content (AvgIpc) is 2.68. The summed E-state index contributed by atoms with van der Waals surface area (Å²) in [6.07, 6.45) is 2.44. The van der Waals surface area contributed by atoms with Crippen LogP contribution in [0.25, 0.3) is 0 Å². The van der Waals surface area contributed by atoms with E-state index in [9.17, 15) is 10.1 Å². The van der Waals surface area contributed by atoms with Crippen molar-refractivity contribution in [3.8, 4) is 11.8 Å². The van der Waals surface area contributed by atoms with E-state index in [1.807, 2.05) is 36.4 Å². The van der Waals surface area contributed by atoms with Gasteiger partial charge in [-0.2, -0.15) is 5.26 Å². The first kappa shape index (κ1) is 19.1. The van der Waals surface area contributed by atoms with Gasteiger partial charge in [0.2, 0.25) is 0 Å². The van der Waals surface area contributed by atoms with E-state index >= 15 is 0 Å². The SMILES string of the molecule is CCC(C)c1ccccc1N/C=C(/C#N)C(=O)Nc1ccccc1OC. The van der Waals surface area contributed by atoms with Crippen LogP contribution in [0.5, 0.6) is 5.75 Å². The van der Waals surface area contributed by atoms with Gasteiger partial charge >= 0.3 is 0 Å². The summed E-state index contributed by atoms with van der Waals surface area (Å²) in [4.78, 5) is 12.4. The lowest BCUT2D eigenvalue weighted by Gasteiger charge is -2.15. The summed E-state index contributed by atoms with van der Waals surface area (Å²) in [5.41, 5.74) is 2.53. The summed E-state index contributed by atoms with van der Waals surface area (Å²) >= 11 is 0. The molecule has 0 saturated carbocycles. The minimum atomic E-state index is -0.495. The first-order valence-corrected chi connectivity index (χ1v) is 8.50. The van der Waals surface area contributed by atoms with E-state index in [1.54, 1.807) is 18.2 Å². The maximum Gasteiger partial charge on any atom is 0.267 e. The van der Waals surface area contributed by atoms with E-state index in [-0.39, 0.29) is 5.57 Å². The molecule has 0 spiro atoms. The molecule has 0 heterocycles. The number of nitriles is 1. The Balaban J connectivity index is 2.18. The molecule has 2 aromatic carbocycles. The number of nitrogens with one attached hydrogen (secondary N) is 2. The van der Waals surface area contributed by atoms with Crippen molar-refractivity contribution in [2.45, 2.75) is 26.2 Å². The van der Waals surface area contributed by atoms with Crippen LogP contribution in [0.2, 0.25) is 0 Å². The summed E-state index contributed by atoms with van der Waals surface area (Å²) < 4.78 is 5.21. The minimum absolute atomic E-state index is 0.0186. The second kappa shape index (κ2) is 9.28. The number of hydrogen-bond donors (Lipinski definition) is 2. The monoisotopic (exact) mass is 349 g/mol. The van der Waals surface area contributed by atoms with Gasteiger partial charge in [-0.25, -0.2) is 0 Å². The van der Waals surface area contributed by atoms with E-state index in [0.717, 1.165) is 17.7 Å². The van der Waals surface area contributed by atoms with Crippen LogP contribution in [-0.2, 0) is 4.79 Å². The number of ether oxygens (including phenoxy) is 1.